The summed E-state index contributed by atoms with van der Waals surface area (Å²) in [5, 5.41) is 0.654. The first-order chi connectivity index (χ1) is 8.62. The third-order valence-electron chi connectivity index (χ3n) is 2.72. The van der Waals surface area contributed by atoms with Crippen molar-refractivity contribution in [2.24, 2.45) is 0 Å². The van der Waals surface area contributed by atoms with Crippen LogP contribution in [0.15, 0.2) is 12.1 Å². The summed E-state index contributed by atoms with van der Waals surface area (Å²) in [5.74, 6) is 1.56. The highest BCUT2D eigenvalue weighted by Gasteiger charge is 2.29. The second-order valence-corrected chi connectivity index (χ2v) is 3.88. The average Bonchev–Trinajstić information content (AvgIpc) is 2.38. The number of hydrogen-bond donors (Lipinski definition) is 0. The van der Waals surface area contributed by atoms with Gasteiger partial charge in [-0.15, -0.1) is 0 Å². The van der Waals surface area contributed by atoms with E-state index in [0.29, 0.717) is 16.5 Å². The highest BCUT2D eigenvalue weighted by Crippen LogP contribution is 2.16. The average molecular weight is 248 g/mol. The molecular formula is C13H12O5. The molecule has 1 unspecified atom stereocenters. The Bertz CT molecular complexity index is 640. The van der Waals surface area contributed by atoms with Gasteiger partial charge in [-0.1, -0.05) is 0 Å². The standard InChI is InChI=1S/C13H12O5/c1-7-4-8(6-14)10-9(5-7)12(15)18-13(17-3)11(10)16-2/h4-5,13H,1-3H3. The highest BCUT2D eigenvalue weighted by molar-refractivity contribution is 5.92. The normalized spacial score (nSPS) is 17.8. The van der Waals surface area contributed by atoms with Crippen molar-refractivity contribution in [3.63, 3.8) is 0 Å². The van der Waals surface area contributed by atoms with Gasteiger partial charge in [0.05, 0.1) is 23.1 Å². The maximum Gasteiger partial charge on any atom is 0.341 e. The fraction of sp³-hybridized carbons (Fsp3) is 0.308. The van der Waals surface area contributed by atoms with E-state index >= 15 is 0 Å². The van der Waals surface area contributed by atoms with Gasteiger partial charge in [-0.25, -0.2) is 9.59 Å². The fourth-order valence-corrected chi connectivity index (χ4v) is 1.98. The smallest absolute Gasteiger partial charge is 0.341 e. The number of aryl methyl sites for hydroxylation is 1. The molecule has 1 aliphatic heterocycles. The lowest BCUT2D eigenvalue weighted by Gasteiger charge is -2.23. The Labute approximate surface area is 103 Å². The number of hydrogen-bond acceptors (Lipinski definition) is 5. The molecule has 0 aromatic heterocycles. The quantitative estimate of drug-likeness (QED) is 0.654. The molecule has 1 aromatic rings. The number of rotatable bonds is 2. The van der Waals surface area contributed by atoms with Crippen LogP contribution in [-0.2, 0) is 19.0 Å². The van der Waals surface area contributed by atoms with Crippen molar-refractivity contribution in [1.82, 2.24) is 0 Å². The van der Waals surface area contributed by atoms with Crippen LogP contribution in [0, 0.1) is 6.92 Å². The first-order valence-electron chi connectivity index (χ1n) is 5.30. The van der Waals surface area contributed by atoms with Crippen LogP contribution in [0.4, 0.5) is 0 Å². The minimum Gasteiger partial charge on any atom is -0.494 e. The number of esters is 1. The van der Waals surface area contributed by atoms with Crippen molar-refractivity contribution in [2.45, 2.75) is 13.2 Å². The number of ether oxygens (including phenoxy) is 3. The Hall–Kier alpha value is -2.10. The van der Waals surface area contributed by atoms with Gasteiger partial charge in [0.25, 0.3) is 6.29 Å². The van der Waals surface area contributed by atoms with Crippen molar-refractivity contribution in [3.05, 3.63) is 33.7 Å². The van der Waals surface area contributed by atoms with E-state index in [1.54, 1.807) is 19.1 Å². The number of fused-ring (bicyclic) bond motifs is 1. The Morgan fingerprint density at radius 2 is 2.06 bits per heavy atom. The monoisotopic (exact) mass is 248 g/mol. The molecule has 94 valence electrons. The van der Waals surface area contributed by atoms with E-state index in [9.17, 15) is 9.59 Å². The summed E-state index contributed by atoms with van der Waals surface area (Å²) in [6.07, 6.45) is -0.940. The third kappa shape index (κ3) is 1.79. The molecule has 0 saturated carbocycles. The SMILES string of the molecule is COC1=c2c(cc(C)cc2=C=O)C(=O)OC1OC. The van der Waals surface area contributed by atoms with Crippen molar-refractivity contribution < 1.29 is 23.8 Å². The van der Waals surface area contributed by atoms with Gasteiger partial charge in [0.2, 0.25) is 0 Å². The second-order valence-electron chi connectivity index (χ2n) is 3.88. The highest BCUT2D eigenvalue weighted by atomic mass is 16.7. The van der Waals surface area contributed by atoms with Crippen LogP contribution in [0.5, 0.6) is 0 Å². The molecular weight excluding hydrogens is 236 g/mol. The van der Waals surface area contributed by atoms with E-state index in [-0.39, 0.29) is 5.22 Å². The van der Waals surface area contributed by atoms with E-state index < -0.39 is 12.3 Å². The lowest BCUT2D eigenvalue weighted by atomic mass is 10.0. The van der Waals surface area contributed by atoms with Crippen LogP contribution in [0.25, 0.3) is 5.76 Å². The molecule has 0 N–H and O–H groups in total. The molecule has 0 aliphatic carbocycles. The summed E-state index contributed by atoms with van der Waals surface area (Å²) in [6, 6.07) is 3.28. The van der Waals surface area contributed by atoms with Crippen LogP contribution in [0.3, 0.4) is 0 Å². The number of carbonyl (C=O) groups is 1. The second kappa shape index (κ2) is 4.64. The zero-order valence-corrected chi connectivity index (χ0v) is 10.3. The van der Waals surface area contributed by atoms with Gasteiger partial charge in [-0.2, -0.15) is 0 Å². The molecule has 5 heteroatoms. The summed E-state index contributed by atoms with van der Waals surface area (Å²) in [5.41, 5.74) is 1.06. The lowest BCUT2D eigenvalue weighted by molar-refractivity contribution is -0.0714. The van der Waals surface area contributed by atoms with Crippen molar-refractivity contribution in [2.75, 3.05) is 14.2 Å². The summed E-state index contributed by atoms with van der Waals surface area (Å²) in [6.45, 7) is 1.78. The van der Waals surface area contributed by atoms with E-state index in [1.807, 2.05) is 5.94 Å². The largest absolute Gasteiger partial charge is 0.494 e. The van der Waals surface area contributed by atoms with Gasteiger partial charge in [0.1, 0.15) is 5.94 Å². The van der Waals surface area contributed by atoms with Crippen LogP contribution in [0.2, 0.25) is 0 Å². The van der Waals surface area contributed by atoms with Gasteiger partial charge < -0.3 is 14.2 Å². The van der Waals surface area contributed by atoms with Gasteiger partial charge >= 0.3 is 5.97 Å². The molecule has 0 amide bonds. The maximum absolute atomic E-state index is 11.8. The van der Waals surface area contributed by atoms with E-state index in [4.69, 9.17) is 14.2 Å². The molecule has 0 spiro atoms. The number of carbonyl (C=O) groups excluding carboxylic acids is 2. The molecule has 1 heterocycles. The van der Waals surface area contributed by atoms with Crippen molar-refractivity contribution in [1.29, 1.82) is 0 Å². The van der Waals surface area contributed by atoms with E-state index in [0.717, 1.165) is 5.56 Å². The predicted molar refractivity (Wildman–Crippen MR) is 61.9 cm³/mol. The number of methoxy groups -OCH3 is 2. The lowest BCUT2D eigenvalue weighted by Crippen LogP contribution is -2.44. The third-order valence-corrected chi connectivity index (χ3v) is 2.72. The van der Waals surface area contributed by atoms with Gasteiger partial charge in [-0.05, 0) is 24.6 Å². The summed E-state index contributed by atoms with van der Waals surface area (Å²) in [4.78, 5) is 22.8. The van der Waals surface area contributed by atoms with Crippen LogP contribution in [-0.4, -0.2) is 32.4 Å². The van der Waals surface area contributed by atoms with Crippen molar-refractivity contribution in [3.8, 4) is 0 Å². The molecule has 0 fully saturated rings. The minimum absolute atomic E-state index is 0.264. The minimum atomic E-state index is -0.940. The molecule has 0 saturated heterocycles. The Morgan fingerprint density at radius 3 is 2.61 bits per heavy atom. The Morgan fingerprint density at radius 1 is 1.33 bits per heavy atom. The number of benzene rings is 1. The van der Waals surface area contributed by atoms with Gasteiger partial charge in [0, 0.05) is 7.11 Å². The Balaban J connectivity index is 2.98. The molecule has 1 aliphatic rings. The zero-order chi connectivity index (χ0) is 13.3. The predicted octanol–water partition coefficient (Wildman–Crippen LogP) is -0.604. The Kier molecular flexibility index (Phi) is 3.19. The van der Waals surface area contributed by atoms with Crippen molar-refractivity contribution >= 4 is 17.7 Å². The molecule has 0 bridgehead atoms. The first kappa shape index (κ1) is 12.4. The fourth-order valence-electron chi connectivity index (χ4n) is 1.98. The van der Waals surface area contributed by atoms with E-state index in [2.05, 4.69) is 0 Å². The van der Waals surface area contributed by atoms with E-state index in [1.165, 1.54) is 14.2 Å². The molecule has 1 atom stereocenters. The summed E-state index contributed by atoms with van der Waals surface area (Å²) >= 11 is 0. The number of cyclic esters (lactones) is 1. The molecule has 5 nitrogen and oxygen atoms in total. The summed E-state index contributed by atoms with van der Waals surface area (Å²) < 4.78 is 15.3. The molecule has 1 aromatic carbocycles. The van der Waals surface area contributed by atoms with Crippen LogP contribution in [0.1, 0.15) is 15.9 Å². The summed E-state index contributed by atoms with van der Waals surface area (Å²) in [7, 11) is 2.82. The zero-order valence-electron chi connectivity index (χ0n) is 10.3. The van der Waals surface area contributed by atoms with Crippen LogP contribution >= 0.6 is 0 Å². The molecule has 0 radical (unpaired) electrons. The first-order valence-corrected chi connectivity index (χ1v) is 5.30. The maximum atomic E-state index is 11.8. The molecule has 18 heavy (non-hydrogen) atoms. The van der Waals surface area contributed by atoms with Gasteiger partial charge in [0.15, 0.2) is 5.76 Å². The molecule has 2 rings (SSSR count). The van der Waals surface area contributed by atoms with Crippen LogP contribution < -0.4 is 10.4 Å². The van der Waals surface area contributed by atoms with Gasteiger partial charge in [-0.3, -0.25) is 0 Å². The topological polar surface area (TPSA) is 61.8 Å².